The minimum Gasteiger partial charge on any atom is -0.369 e. The van der Waals surface area contributed by atoms with Gasteiger partial charge in [0.2, 0.25) is 0 Å². The van der Waals surface area contributed by atoms with Gasteiger partial charge in [0.15, 0.2) is 0 Å². The van der Waals surface area contributed by atoms with Crippen LogP contribution in [0, 0.1) is 5.82 Å². The van der Waals surface area contributed by atoms with E-state index in [4.69, 9.17) is 0 Å². The van der Waals surface area contributed by atoms with Gasteiger partial charge in [-0.1, -0.05) is 12.1 Å². The van der Waals surface area contributed by atoms with Gasteiger partial charge in [0.1, 0.15) is 5.82 Å². The van der Waals surface area contributed by atoms with Gasteiger partial charge in [-0.3, -0.25) is 14.7 Å². The number of hydrogen-bond acceptors (Lipinski definition) is 4. The highest BCUT2D eigenvalue weighted by atomic mass is 19.1. The van der Waals surface area contributed by atoms with Gasteiger partial charge in [0.25, 0.3) is 5.91 Å². The molecule has 1 saturated heterocycles. The Morgan fingerprint density at radius 1 is 1.10 bits per heavy atom. The second-order valence-corrected chi connectivity index (χ2v) is 7.64. The second-order valence-electron chi connectivity index (χ2n) is 7.64. The Balaban J connectivity index is 1.50. The molecule has 3 aromatic rings. The summed E-state index contributed by atoms with van der Waals surface area (Å²) in [6, 6.07) is 12.8. The molecular formula is C23H25FN4O. The Kier molecular flexibility index (Phi) is 5.45. The van der Waals surface area contributed by atoms with Gasteiger partial charge in [-0.25, -0.2) is 4.39 Å². The fraction of sp³-hybridized carbons (Fsp3) is 0.304. The molecule has 2 aromatic carbocycles. The van der Waals surface area contributed by atoms with Gasteiger partial charge in [-0.05, 0) is 49.6 Å². The first-order valence-electron chi connectivity index (χ1n) is 9.95. The molecule has 1 N–H and O–H groups in total. The zero-order valence-corrected chi connectivity index (χ0v) is 16.7. The number of piperazine rings is 1. The van der Waals surface area contributed by atoms with Crippen molar-refractivity contribution in [3.63, 3.8) is 0 Å². The minimum atomic E-state index is -0.510. The molecule has 1 aromatic heterocycles. The number of anilines is 2. The van der Waals surface area contributed by atoms with E-state index >= 15 is 0 Å². The first-order valence-corrected chi connectivity index (χ1v) is 9.95. The van der Waals surface area contributed by atoms with Crippen LogP contribution >= 0.6 is 0 Å². The Hall–Kier alpha value is -2.99. The number of fused-ring (bicyclic) bond motifs is 1. The van der Waals surface area contributed by atoms with Crippen LogP contribution in [0.15, 0.2) is 54.9 Å². The van der Waals surface area contributed by atoms with E-state index in [1.807, 2.05) is 24.3 Å². The van der Waals surface area contributed by atoms with E-state index in [0.717, 1.165) is 42.6 Å². The Morgan fingerprint density at radius 3 is 2.62 bits per heavy atom. The summed E-state index contributed by atoms with van der Waals surface area (Å²) in [6.07, 6.45) is 3.40. The number of nitrogens with zero attached hydrogens (tertiary/aromatic N) is 3. The summed E-state index contributed by atoms with van der Waals surface area (Å²) >= 11 is 0. The lowest BCUT2D eigenvalue weighted by molar-refractivity contribution is 0.102. The largest absolute Gasteiger partial charge is 0.369 e. The SMILES string of the molecule is CC(C)N1CCN(c2ccc(C(=O)Nc3cccc4ccncc34)c(F)c2)CC1. The molecular weight excluding hydrogens is 367 g/mol. The van der Waals surface area contributed by atoms with Crippen molar-refractivity contribution in [2.45, 2.75) is 19.9 Å². The van der Waals surface area contributed by atoms with Gasteiger partial charge in [-0.15, -0.1) is 0 Å². The van der Waals surface area contributed by atoms with Gasteiger partial charge in [0, 0.05) is 55.7 Å². The van der Waals surface area contributed by atoms with Gasteiger partial charge in [0.05, 0.1) is 11.3 Å². The van der Waals surface area contributed by atoms with Crippen molar-refractivity contribution in [3.05, 3.63) is 66.2 Å². The van der Waals surface area contributed by atoms with E-state index in [9.17, 15) is 9.18 Å². The topological polar surface area (TPSA) is 48.5 Å². The van der Waals surface area contributed by atoms with Gasteiger partial charge in [-0.2, -0.15) is 0 Å². The van der Waals surface area contributed by atoms with Crippen LogP contribution in [-0.2, 0) is 0 Å². The number of halogens is 1. The van der Waals surface area contributed by atoms with Crippen molar-refractivity contribution in [3.8, 4) is 0 Å². The number of hydrogen-bond donors (Lipinski definition) is 1. The summed E-state index contributed by atoms with van der Waals surface area (Å²) in [4.78, 5) is 21.4. The van der Waals surface area contributed by atoms with E-state index in [-0.39, 0.29) is 5.56 Å². The minimum absolute atomic E-state index is 0.0375. The number of rotatable bonds is 4. The maximum Gasteiger partial charge on any atom is 0.258 e. The average Bonchev–Trinajstić information content (AvgIpc) is 2.74. The number of carbonyl (C=O) groups is 1. The van der Waals surface area contributed by atoms with Gasteiger partial charge < -0.3 is 10.2 Å². The first-order chi connectivity index (χ1) is 14.0. The summed E-state index contributed by atoms with van der Waals surface area (Å²) in [5, 5.41) is 4.61. The van der Waals surface area contributed by atoms with Crippen molar-refractivity contribution in [2.24, 2.45) is 0 Å². The molecule has 6 heteroatoms. The molecule has 29 heavy (non-hydrogen) atoms. The van der Waals surface area contributed by atoms with E-state index in [0.29, 0.717) is 11.7 Å². The van der Waals surface area contributed by atoms with Crippen LogP contribution in [0.4, 0.5) is 15.8 Å². The normalized spacial score (nSPS) is 15.1. The third-order valence-corrected chi connectivity index (χ3v) is 5.54. The zero-order valence-electron chi connectivity index (χ0n) is 16.7. The molecule has 0 radical (unpaired) electrons. The van der Waals surface area contributed by atoms with E-state index in [2.05, 4.69) is 33.9 Å². The van der Waals surface area contributed by atoms with Crippen molar-refractivity contribution < 1.29 is 9.18 Å². The first kappa shape index (κ1) is 19.3. The number of pyridine rings is 1. The molecule has 4 rings (SSSR count). The summed E-state index contributed by atoms with van der Waals surface area (Å²) in [5.41, 5.74) is 1.47. The van der Waals surface area contributed by atoms with E-state index in [1.165, 1.54) is 6.07 Å². The third kappa shape index (κ3) is 4.07. The van der Waals surface area contributed by atoms with Crippen LogP contribution in [-0.4, -0.2) is 48.0 Å². The fourth-order valence-corrected chi connectivity index (χ4v) is 3.79. The lowest BCUT2D eigenvalue weighted by atomic mass is 10.1. The fourth-order valence-electron chi connectivity index (χ4n) is 3.79. The summed E-state index contributed by atoms with van der Waals surface area (Å²) < 4.78 is 14.8. The van der Waals surface area contributed by atoms with Crippen LogP contribution in [0.5, 0.6) is 0 Å². The molecule has 0 atom stereocenters. The van der Waals surface area contributed by atoms with E-state index in [1.54, 1.807) is 24.5 Å². The highest BCUT2D eigenvalue weighted by molar-refractivity contribution is 6.09. The lowest BCUT2D eigenvalue weighted by Crippen LogP contribution is -2.48. The van der Waals surface area contributed by atoms with Crippen molar-refractivity contribution >= 4 is 28.1 Å². The number of amides is 1. The summed E-state index contributed by atoms with van der Waals surface area (Å²) in [5.74, 6) is -0.973. The maximum absolute atomic E-state index is 14.8. The molecule has 0 spiro atoms. The standard InChI is InChI=1S/C23H25FN4O/c1-16(2)27-10-12-28(13-11-27)18-6-7-19(21(24)14-18)23(29)26-22-5-3-4-17-8-9-25-15-20(17)22/h3-9,14-16H,10-13H2,1-2H3,(H,26,29). The molecule has 0 bridgehead atoms. The highest BCUT2D eigenvalue weighted by Crippen LogP contribution is 2.25. The van der Waals surface area contributed by atoms with Crippen LogP contribution in [0.25, 0.3) is 10.8 Å². The van der Waals surface area contributed by atoms with Crippen LogP contribution in [0.1, 0.15) is 24.2 Å². The summed E-state index contributed by atoms with van der Waals surface area (Å²) in [6.45, 7) is 8.00. The molecule has 0 unspecified atom stereocenters. The molecule has 1 aliphatic rings. The van der Waals surface area contributed by atoms with Crippen molar-refractivity contribution in [2.75, 3.05) is 36.4 Å². The molecule has 0 saturated carbocycles. The van der Waals surface area contributed by atoms with Gasteiger partial charge >= 0.3 is 0 Å². The molecule has 1 amide bonds. The quantitative estimate of drug-likeness (QED) is 0.724. The monoisotopic (exact) mass is 392 g/mol. The van der Waals surface area contributed by atoms with Crippen LogP contribution in [0.2, 0.25) is 0 Å². The van der Waals surface area contributed by atoms with Crippen molar-refractivity contribution in [1.82, 2.24) is 9.88 Å². The number of benzene rings is 2. The predicted molar refractivity (Wildman–Crippen MR) is 115 cm³/mol. The Morgan fingerprint density at radius 2 is 1.90 bits per heavy atom. The molecule has 5 nitrogen and oxygen atoms in total. The van der Waals surface area contributed by atoms with Crippen molar-refractivity contribution in [1.29, 1.82) is 0 Å². The zero-order chi connectivity index (χ0) is 20.4. The van der Waals surface area contributed by atoms with Crippen LogP contribution in [0.3, 0.4) is 0 Å². The molecule has 0 aliphatic carbocycles. The predicted octanol–water partition coefficient (Wildman–Crippen LogP) is 4.16. The molecule has 1 aliphatic heterocycles. The number of nitrogens with one attached hydrogen (secondary N) is 1. The third-order valence-electron chi connectivity index (χ3n) is 5.54. The number of carbonyl (C=O) groups excluding carboxylic acids is 1. The second kappa shape index (κ2) is 8.17. The smallest absolute Gasteiger partial charge is 0.258 e. The van der Waals surface area contributed by atoms with Crippen LogP contribution < -0.4 is 10.2 Å². The maximum atomic E-state index is 14.8. The Labute approximate surface area is 170 Å². The molecule has 150 valence electrons. The highest BCUT2D eigenvalue weighted by Gasteiger charge is 2.21. The Bertz CT molecular complexity index is 1020. The average molecular weight is 392 g/mol. The molecule has 1 fully saturated rings. The number of aromatic nitrogens is 1. The lowest BCUT2D eigenvalue weighted by Gasteiger charge is -2.38. The summed E-state index contributed by atoms with van der Waals surface area (Å²) in [7, 11) is 0. The van der Waals surface area contributed by atoms with E-state index < -0.39 is 11.7 Å². The molecule has 2 heterocycles.